The second kappa shape index (κ2) is 7.81. The summed E-state index contributed by atoms with van der Waals surface area (Å²) in [6.45, 7) is 0. The molecule has 0 aliphatic heterocycles. The molecule has 1 aromatic heterocycles. The molecule has 37 heavy (non-hydrogen) atoms. The predicted molar refractivity (Wildman–Crippen MR) is 157 cm³/mol. The van der Waals surface area contributed by atoms with Gasteiger partial charge in [-0.1, -0.05) is 121 Å². The van der Waals surface area contributed by atoms with Crippen LogP contribution in [0, 0.1) is 0 Å². The van der Waals surface area contributed by atoms with Crippen LogP contribution < -0.4 is 0 Å². The fourth-order valence-electron chi connectivity index (χ4n) is 4.97. The third kappa shape index (κ3) is 2.92. The lowest BCUT2D eigenvalue weighted by Gasteiger charge is -2.19. The van der Waals surface area contributed by atoms with Crippen LogP contribution in [0.3, 0.4) is 0 Å². The van der Waals surface area contributed by atoms with E-state index in [-0.39, 0.29) is 101 Å². The first kappa shape index (κ1) is 9.53. The predicted octanol–water partition coefficient (Wildman–Crippen LogP) is 10.4. The summed E-state index contributed by atoms with van der Waals surface area (Å²) in [6.07, 6.45) is 0. The van der Waals surface area contributed by atoms with Gasteiger partial charge in [0, 0.05) is 10.8 Å². The van der Waals surface area contributed by atoms with E-state index in [0.717, 1.165) is 0 Å². The molecule has 0 aliphatic rings. The van der Waals surface area contributed by atoms with Crippen LogP contribution in [0.5, 0.6) is 0 Å². The standard InChI is InChI=1S/C36H22O/c1-2-13-24-23(11-1)12-9-19-25(24)34-26-14-3-5-16-28(26)35(29-17-6-4-15-27(29)34)31-20-10-22-33-36(31)30-18-7-8-21-32(30)37-33/h1-22H/i1D,2D,3D,4D,5D,6D,7D,8D,9D,10D,11D,12D,13D,18D,19D,20D,21D,22D. The Morgan fingerprint density at radius 1 is 0.405 bits per heavy atom. The van der Waals surface area contributed by atoms with Gasteiger partial charge in [-0.2, -0.15) is 0 Å². The lowest BCUT2D eigenvalue weighted by Crippen LogP contribution is -1.92. The third-order valence-electron chi connectivity index (χ3n) is 6.45. The SMILES string of the molecule is [2H]c1cc2c(-c3c([2H])c([2H])c([2H])c4c([2H])c([2H])c([2H])c([2H])c34)c3cc([2H])c([2H])cc3c(-c3c([2H])c([2H])c([2H])c4oc5c([2H])c([2H])c([2H])c([2H])c5c34)c2cc1[2H]. The largest absolute Gasteiger partial charge is 0.456 e. The van der Waals surface area contributed by atoms with E-state index >= 15 is 0 Å². The van der Waals surface area contributed by atoms with Crippen molar-refractivity contribution in [1.29, 1.82) is 0 Å². The fourth-order valence-corrected chi connectivity index (χ4v) is 4.97. The van der Waals surface area contributed by atoms with Crippen LogP contribution in [0.25, 0.3) is 76.5 Å². The van der Waals surface area contributed by atoms with Crippen LogP contribution in [0.2, 0.25) is 0 Å². The summed E-state index contributed by atoms with van der Waals surface area (Å²) in [4.78, 5) is 0. The average Bonchev–Trinajstić information content (AvgIpc) is 3.55. The number of fused-ring (bicyclic) bond motifs is 6. The van der Waals surface area contributed by atoms with E-state index in [1.807, 2.05) is 0 Å². The van der Waals surface area contributed by atoms with Crippen molar-refractivity contribution >= 4 is 54.3 Å². The van der Waals surface area contributed by atoms with Gasteiger partial charge in [0.25, 0.3) is 0 Å². The topological polar surface area (TPSA) is 13.1 Å². The van der Waals surface area contributed by atoms with Crippen molar-refractivity contribution in [3.8, 4) is 22.3 Å². The van der Waals surface area contributed by atoms with Crippen LogP contribution in [0.4, 0.5) is 0 Å². The lowest BCUT2D eigenvalue weighted by atomic mass is 9.84. The Labute approximate surface area is 239 Å². The summed E-state index contributed by atoms with van der Waals surface area (Å²) in [5.41, 5.74) is -1.23. The number of furan rings is 1. The van der Waals surface area contributed by atoms with E-state index in [9.17, 15) is 1.37 Å². The van der Waals surface area contributed by atoms with Gasteiger partial charge >= 0.3 is 0 Å². The quantitative estimate of drug-likeness (QED) is 0.221. The molecule has 0 bridgehead atoms. The van der Waals surface area contributed by atoms with Gasteiger partial charge in [0.1, 0.15) is 11.2 Å². The highest BCUT2D eigenvalue weighted by Crippen LogP contribution is 2.47. The fraction of sp³-hybridized carbons (Fsp3) is 0. The zero-order valence-corrected chi connectivity index (χ0v) is 18.7. The molecular formula is C36H22O. The smallest absolute Gasteiger partial charge is 0.136 e. The van der Waals surface area contributed by atoms with E-state index in [2.05, 4.69) is 0 Å². The first-order valence-corrected chi connectivity index (χ1v) is 11.2. The number of benzene rings is 7. The molecule has 0 radical (unpaired) electrons. The Morgan fingerprint density at radius 2 is 0.919 bits per heavy atom. The molecule has 8 rings (SSSR count). The summed E-state index contributed by atoms with van der Waals surface area (Å²) in [6, 6.07) is -5.38. The second-order valence-electron chi connectivity index (χ2n) is 8.32. The minimum Gasteiger partial charge on any atom is -0.456 e. The van der Waals surface area contributed by atoms with Gasteiger partial charge in [0.15, 0.2) is 0 Å². The summed E-state index contributed by atoms with van der Waals surface area (Å²) >= 11 is 0. The molecule has 0 saturated carbocycles. The molecule has 8 aromatic rings. The van der Waals surface area contributed by atoms with Crippen LogP contribution in [-0.2, 0) is 0 Å². The second-order valence-corrected chi connectivity index (χ2v) is 8.32. The molecule has 1 nitrogen and oxygen atoms in total. The summed E-state index contributed by atoms with van der Waals surface area (Å²) in [5.74, 6) is 0. The highest BCUT2D eigenvalue weighted by atomic mass is 16.3. The van der Waals surface area contributed by atoms with Crippen LogP contribution in [0.1, 0.15) is 24.7 Å². The van der Waals surface area contributed by atoms with Crippen molar-refractivity contribution in [3.05, 3.63) is 133 Å². The molecule has 0 aliphatic carbocycles. The zero-order chi connectivity index (χ0) is 40.0. The van der Waals surface area contributed by atoms with Crippen molar-refractivity contribution in [3.63, 3.8) is 0 Å². The van der Waals surface area contributed by atoms with Crippen LogP contribution in [-0.4, -0.2) is 0 Å². The first-order valence-electron chi connectivity index (χ1n) is 20.2. The van der Waals surface area contributed by atoms with Crippen LogP contribution >= 0.6 is 0 Å². The van der Waals surface area contributed by atoms with Gasteiger partial charge in [0.2, 0.25) is 0 Å². The van der Waals surface area contributed by atoms with Crippen molar-refractivity contribution in [1.82, 2.24) is 0 Å². The Bertz CT molecular complexity index is 3050. The maximum atomic E-state index is 9.27. The first-order chi connectivity index (χ1) is 25.8. The normalized spacial score (nSPS) is 18.6. The monoisotopic (exact) mass is 488 g/mol. The van der Waals surface area contributed by atoms with E-state index in [1.54, 1.807) is 0 Å². The molecule has 0 saturated heterocycles. The third-order valence-corrected chi connectivity index (χ3v) is 6.45. The molecular weight excluding hydrogens is 448 g/mol. The van der Waals surface area contributed by atoms with E-state index < -0.39 is 84.6 Å². The highest BCUT2D eigenvalue weighted by Gasteiger charge is 2.20. The van der Waals surface area contributed by atoms with E-state index in [0.29, 0.717) is 0 Å². The molecule has 172 valence electrons. The Morgan fingerprint density at radius 3 is 1.65 bits per heavy atom. The molecule has 0 N–H and O–H groups in total. The van der Waals surface area contributed by atoms with Gasteiger partial charge in [-0.15, -0.1) is 0 Å². The van der Waals surface area contributed by atoms with Gasteiger partial charge in [0.05, 0.1) is 24.7 Å². The van der Waals surface area contributed by atoms with Gasteiger partial charge in [-0.3, -0.25) is 0 Å². The summed E-state index contributed by atoms with van der Waals surface area (Å²) in [5, 5.41) is -0.947. The van der Waals surface area contributed by atoms with Crippen molar-refractivity contribution < 1.29 is 29.1 Å². The Balaban J connectivity index is 1.74. The van der Waals surface area contributed by atoms with E-state index in [4.69, 9.17) is 27.7 Å². The van der Waals surface area contributed by atoms with Crippen molar-refractivity contribution in [2.45, 2.75) is 0 Å². The van der Waals surface area contributed by atoms with Gasteiger partial charge in [-0.05, 0) is 66.7 Å². The van der Waals surface area contributed by atoms with E-state index in [1.165, 1.54) is 24.3 Å². The Kier molecular flexibility index (Phi) is 2.01. The highest BCUT2D eigenvalue weighted by molar-refractivity contribution is 6.26. The molecule has 1 heteroatoms. The maximum Gasteiger partial charge on any atom is 0.136 e. The number of para-hydroxylation sites is 1. The molecule has 1 heterocycles. The molecule has 0 amide bonds. The molecule has 0 unspecified atom stereocenters. The van der Waals surface area contributed by atoms with Gasteiger partial charge < -0.3 is 4.42 Å². The number of hydrogen-bond donors (Lipinski definition) is 0. The Hall–Kier alpha value is -4.88. The minimum absolute atomic E-state index is 0.0173. The zero-order valence-electron chi connectivity index (χ0n) is 36.7. The van der Waals surface area contributed by atoms with Gasteiger partial charge in [-0.25, -0.2) is 0 Å². The van der Waals surface area contributed by atoms with Crippen molar-refractivity contribution in [2.24, 2.45) is 0 Å². The lowest BCUT2D eigenvalue weighted by molar-refractivity contribution is 0.669. The van der Waals surface area contributed by atoms with Crippen LogP contribution in [0.15, 0.2) is 137 Å². The average molecular weight is 489 g/mol. The molecule has 0 spiro atoms. The molecule has 0 atom stereocenters. The maximum absolute atomic E-state index is 9.27. The molecule has 7 aromatic carbocycles. The summed E-state index contributed by atoms with van der Waals surface area (Å²) in [7, 11) is 0. The number of rotatable bonds is 2. The van der Waals surface area contributed by atoms with Crippen molar-refractivity contribution in [2.75, 3.05) is 0 Å². The number of hydrogen-bond acceptors (Lipinski definition) is 1. The summed E-state index contributed by atoms with van der Waals surface area (Å²) < 4.78 is 162. The molecule has 0 fully saturated rings. The minimum atomic E-state index is -0.694.